The van der Waals surface area contributed by atoms with Gasteiger partial charge in [-0.05, 0) is 38.5 Å². The van der Waals surface area contributed by atoms with Gasteiger partial charge in [-0.1, -0.05) is 6.07 Å². The van der Waals surface area contributed by atoms with E-state index in [4.69, 9.17) is 0 Å². The van der Waals surface area contributed by atoms with Gasteiger partial charge < -0.3 is 10.7 Å². The second-order valence-corrected chi connectivity index (χ2v) is 7.17. The molecular formula is C20H24N8O. The first-order valence-electron chi connectivity index (χ1n) is 9.28. The van der Waals surface area contributed by atoms with Crippen LogP contribution in [0.5, 0.6) is 0 Å². The van der Waals surface area contributed by atoms with Crippen LogP contribution in [0.3, 0.4) is 0 Å². The summed E-state index contributed by atoms with van der Waals surface area (Å²) < 4.78 is 3.48. The maximum Gasteiger partial charge on any atom is 0.256 e. The number of nitrogens with one attached hydrogen (secondary N) is 3. The molecule has 0 radical (unpaired) electrons. The van der Waals surface area contributed by atoms with E-state index < -0.39 is 0 Å². The van der Waals surface area contributed by atoms with Crippen molar-refractivity contribution >= 4 is 23.1 Å². The van der Waals surface area contributed by atoms with Crippen LogP contribution in [0.4, 0.5) is 11.5 Å². The highest BCUT2D eigenvalue weighted by molar-refractivity contribution is 6.04. The van der Waals surface area contributed by atoms with Crippen molar-refractivity contribution in [3.05, 3.63) is 64.7 Å². The Balaban J connectivity index is 1.59. The summed E-state index contributed by atoms with van der Waals surface area (Å²) in [6.07, 6.45) is 3.78. The number of amides is 1. The Morgan fingerprint density at radius 1 is 1.10 bits per heavy atom. The minimum absolute atomic E-state index is 0.186. The third-order valence-electron chi connectivity index (χ3n) is 5.07. The SMILES string of the molecule is Cc1cc(NC(=O)c2ccc(C)c(N3C=C(c4cnn(C)c4C)NN3)c2)n(C)n1. The molecule has 150 valence electrons. The number of aryl methyl sites for hydroxylation is 4. The lowest BCUT2D eigenvalue weighted by Gasteiger charge is -2.18. The minimum atomic E-state index is -0.186. The third-order valence-corrected chi connectivity index (χ3v) is 5.07. The summed E-state index contributed by atoms with van der Waals surface area (Å²) in [5.41, 5.74) is 12.6. The number of carbonyl (C=O) groups excluding carboxylic acids is 1. The molecule has 29 heavy (non-hydrogen) atoms. The molecule has 0 atom stereocenters. The number of rotatable bonds is 4. The van der Waals surface area contributed by atoms with Crippen molar-refractivity contribution in [2.45, 2.75) is 20.8 Å². The normalized spacial score (nSPS) is 13.4. The van der Waals surface area contributed by atoms with Gasteiger partial charge in [0, 0.05) is 43.2 Å². The maximum absolute atomic E-state index is 12.8. The lowest BCUT2D eigenvalue weighted by molar-refractivity contribution is 0.102. The Morgan fingerprint density at radius 2 is 1.90 bits per heavy atom. The van der Waals surface area contributed by atoms with Crippen LogP contribution in [0, 0.1) is 20.8 Å². The molecule has 3 heterocycles. The molecular weight excluding hydrogens is 368 g/mol. The average Bonchev–Trinajstić information content (AvgIpc) is 3.36. The van der Waals surface area contributed by atoms with E-state index >= 15 is 0 Å². The molecule has 1 aliphatic heterocycles. The molecule has 1 aliphatic rings. The molecule has 1 aromatic carbocycles. The number of benzene rings is 1. The second-order valence-electron chi connectivity index (χ2n) is 7.17. The molecule has 3 N–H and O–H groups in total. The molecule has 0 bridgehead atoms. The predicted molar refractivity (Wildman–Crippen MR) is 112 cm³/mol. The van der Waals surface area contributed by atoms with Crippen molar-refractivity contribution in [2.24, 2.45) is 14.1 Å². The zero-order valence-electron chi connectivity index (χ0n) is 17.1. The lowest BCUT2D eigenvalue weighted by atomic mass is 10.1. The Hall–Kier alpha value is -3.59. The van der Waals surface area contributed by atoms with E-state index in [1.165, 1.54) is 0 Å². The number of carbonyl (C=O) groups is 1. The largest absolute Gasteiger partial charge is 0.307 e. The van der Waals surface area contributed by atoms with Crippen LogP contribution in [0.15, 0.2) is 36.7 Å². The molecule has 0 aliphatic carbocycles. The number of hydrogen-bond donors (Lipinski definition) is 3. The minimum Gasteiger partial charge on any atom is -0.307 e. The fourth-order valence-electron chi connectivity index (χ4n) is 3.27. The van der Waals surface area contributed by atoms with Gasteiger partial charge in [-0.25, -0.2) is 0 Å². The Kier molecular flexibility index (Phi) is 4.59. The quantitative estimate of drug-likeness (QED) is 0.630. The highest BCUT2D eigenvalue weighted by Crippen LogP contribution is 2.26. The molecule has 0 saturated carbocycles. The first-order valence-corrected chi connectivity index (χ1v) is 9.28. The van der Waals surface area contributed by atoms with Gasteiger partial charge in [0.1, 0.15) is 5.82 Å². The number of hydrogen-bond acceptors (Lipinski definition) is 6. The summed E-state index contributed by atoms with van der Waals surface area (Å²) in [6.45, 7) is 5.91. The lowest BCUT2D eigenvalue weighted by Crippen LogP contribution is -2.36. The maximum atomic E-state index is 12.8. The fourth-order valence-corrected chi connectivity index (χ4v) is 3.27. The first kappa shape index (κ1) is 18.8. The van der Waals surface area contributed by atoms with E-state index in [0.717, 1.165) is 33.9 Å². The predicted octanol–water partition coefficient (Wildman–Crippen LogP) is 2.16. The van der Waals surface area contributed by atoms with E-state index in [0.29, 0.717) is 11.4 Å². The average molecular weight is 392 g/mol. The number of hydrazine groups is 2. The third kappa shape index (κ3) is 3.47. The van der Waals surface area contributed by atoms with Crippen LogP contribution < -0.4 is 21.3 Å². The smallest absolute Gasteiger partial charge is 0.256 e. The van der Waals surface area contributed by atoms with E-state index in [1.54, 1.807) is 11.7 Å². The molecule has 4 rings (SSSR count). The zero-order valence-corrected chi connectivity index (χ0v) is 17.1. The Labute approximate surface area is 168 Å². The van der Waals surface area contributed by atoms with Crippen LogP contribution in [-0.2, 0) is 14.1 Å². The van der Waals surface area contributed by atoms with Crippen LogP contribution in [-0.4, -0.2) is 25.5 Å². The Bertz CT molecular complexity index is 1120. The van der Waals surface area contributed by atoms with Crippen LogP contribution in [0.25, 0.3) is 5.70 Å². The van der Waals surface area contributed by atoms with Crippen molar-refractivity contribution in [1.82, 2.24) is 30.5 Å². The van der Waals surface area contributed by atoms with Gasteiger partial charge >= 0.3 is 0 Å². The van der Waals surface area contributed by atoms with Gasteiger partial charge in [0.2, 0.25) is 0 Å². The van der Waals surface area contributed by atoms with E-state index in [-0.39, 0.29) is 5.91 Å². The second kappa shape index (κ2) is 7.10. The molecule has 0 unspecified atom stereocenters. The molecule has 0 fully saturated rings. The van der Waals surface area contributed by atoms with Gasteiger partial charge in [0.15, 0.2) is 0 Å². The molecule has 9 nitrogen and oxygen atoms in total. The monoisotopic (exact) mass is 392 g/mol. The standard InChI is InChI=1S/C20H24N8O/c1-12-6-7-15(20(29)22-19-8-13(2)24-27(19)5)9-18(12)28-11-17(23-25-28)16-10-21-26(4)14(16)3/h6-11,23,25H,1-5H3,(H,22,29). The number of nitrogens with zero attached hydrogens (tertiary/aromatic N) is 5. The highest BCUT2D eigenvalue weighted by Gasteiger charge is 2.20. The summed E-state index contributed by atoms with van der Waals surface area (Å²) in [4.78, 5) is 12.8. The van der Waals surface area contributed by atoms with Crippen molar-refractivity contribution < 1.29 is 4.79 Å². The van der Waals surface area contributed by atoms with Crippen molar-refractivity contribution in [3.63, 3.8) is 0 Å². The zero-order chi connectivity index (χ0) is 20.7. The van der Waals surface area contributed by atoms with Gasteiger partial charge in [0.05, 0.1) is 23.3 Å². The van der Waals surface area contributed by atoms with Crippen molar-refractivity contribution in [1.29, 1.82) is 0 Å². The molecule has 0 spiro atoms. The van der Waals surface area contributed by atoms with E-state index in [1.807, 2.05) is 74.2 Å². The summed E-state index contributed by atoms with van der Waals surface area (Å²) in [6, 6.07) is 7.45. The molecule has 2 aromatic heterocycles. The molecule has 0 saturated heterocycles. The van der Waals surface area contributed by atoms with Gasteiger partial charge in [-0.2, -0.15) is 10.2 Å². The molecule has 1 amide bonds. The summed E-state index contributed by atoms with van der Waals surface area (Å²) in [5.74, 6) is 0.471. The summed E-state index contributed by atoms with van der Waals surface area (Å²) in [7, 11) is 3.71. The number of anilines is 2. The van der Waals surface area contributed by atoms with Gasteiger partial charge in [0.25, 0.3) is 5.91 Å². The van der Waals surface area contributed by atoms with Gasteiger partial charge in [-0.3, -0.25) is 19.2 Å². The fraction of sp³-hybridized carbons (Fsp3) is 0.250. The van der Waals surface area contributed by atoms with E-state index in [2.05, 4.69) is 26.5 Å². The van der Waals surface area contributed by atoms with Crippen molar-refractivity contribution in [2.75, 3.05) is 10.3 Å². The van der Waals surface area contributed by atoms with Crippen molar-refractivity contribution in [3.8, 4) is 0 Å². The number of aromatic nitrogens is 4. The van der Waals surface area contributed by atoms with Crippen LogP contribution in [0.1, 0.15) is 32.9 Å². The van der Waals surface area contributed by atoms with Crippen LogP contribution in [0.2, 0.25) is 0 Å². The topological polar surface area (TPSA) is 92.0 Å². The highest BCUT2D eigenvalue weighted by atomic mass is 16.1. The Morgan fingerprint density at radius 3 is 2.55 bits per heavy atom. The molecule has 9 heteroatoms. The van der Waals surface area contributed by atoms with Gasteiger partial charge in [-0.15, -0.1) is 5.53 Å². The summed E-state index contributed by atoms with van der Waals surface area (Å²) in [5, 5.41) is 13.3. The van der Waals surface area contributed by atoms with E-state index in [9.17, 15) is 4.79 Å². The first-order chi connectivity index (χ1) is 13.8. The summed E-state index contributed by atoms with van der Waals surface area (Å²) >= 11 is 0. The molecule has 3 aromatic rings. The van der Waals surface area contributed by atoms with Crippen LogP contribution >= 0.6 is 0 Å².